The second-order valence-corrected chi connectivity index (χ2v) is 11.3. The molecule has 5 amide bonds. The van der Waals surface area contributed by atoms with Gasteiger partial charge in [-0.05, 0) is 31.6 Å². The molecule has 1 fully saturated rings. The molecule has 10 N–H and O–H groups in total. The Hall–Kier alpha value is -3.97. The van der Waals surface area contributed by atoms with Crippen molar-refractivity contribution >= 4 is 60.1 Å². The molecule has 1 saturated heterocycles. The highest BCUT2D eigenvalue weighted by atomic mass is 32.1. The van der Waals surface area contributed by atoms with Crippen molar-refractivity contribution in [2.45, 2.75) is 88.6 Å². The zero-order chi connectivity index (χ0) is 34.4. The van der Waals surface area contributed by atoms with Crippen LogP contribution in [0.5, 0.6) is 0 Å². The van der Waals surface area contributed by atoms with E-state index in [-0.39, 0.29) is 37.5 Å². The van der Waals surface area contributed by atoms with E-state index in [1.807, 2.05) is 0 Å². The third kappa shape index (κ3) is 12.9. The summed E-state index contributed by atoms with van der Waals surface area (Å²) in [5.74, 6) is -9.07. The third-order valence-electron chi connectivity index (χ3n) is 6.78. The van der Waals surface area contributed by atoms with Crippen LogP contribution in [0.1, 0.15) is 52.4 Å². The number of nitrogens with one attached hydrogen (secondary N) is 4. The molecule has 0 aromatic carbocycles. The van der Waals surface area contributed by atoms with Crippen molar-refractivity contribution in [2.24, 2.45) is 11.7 Å². The second-order valence-electron chi connectivity index (χ2n) is 10.9. The highest BCUT2D eigenvalue weighted by Gasteiger charge is 2.40. The third-order valence-corrected chi connectivity index (χ3v) is 7.15. The minimum absolute atomic E-state index is 0.0495. The number of hydrogen-bond donors (Lipinski definition) is 10. The second kappa shape index (κ2) is 18.7. The Kier molecular flexibility index (Phi) is 16.3. The number of carboxylic acid groups (broad SMARTS) is 3. The van der Waals surface area contributed by atoms with Crippen LogP contribution in [0.15, 0.2) is 0 Å². The normalized spacial score (nSPS) is 17.7. The number of carbonyl (C=O) groups is 8. The average molecular weight is 663 g/mol. The number of aliphatic hydroxyl groups is 1. The summed E-state index contributed by atoms with van der Waals surface area (Å²) in [6.07, 6.45) is -1.21. The largest absolute Gasteiger partial charge is 0.481 e. The Morgan fingerprint density at radius 2 is 1.42 bits per heavy atom. The van der Waals surface area contributed by atoms with Crippen molar-refractivity contribution < 1.29 is 58.8 Å². The lowest BCUT2D eigenvalue weighted by Crippen LogP contribution is -2.60. The minimum Gasteiger partial charge on any atom is -0.481 e. The van der Waals surface area contributed by atoms with E-state index < -0.39 is 103 Å². The lowest BCUT2D eigenvalue weighted by Gasteiger charge is -2.31. The molecule has 254 valence electrons. The first-order chi connectivity index (χ1) is 21.0. The summed E-state index contributed by atoms with van der Waals surface area (Å²) in [6.45, 7) is 2.86. The van der Waals surface area contributed by atoms with Crippen LogP contribution in [-0.2, 0) is 38.4 Å². The van der Waals surface area contributed by atoms with Crippen molar-refractivity contribution in [2.75, 3.05) is 18.9 Å². The van der Waals surface area contributed by atoms with Crippen molar-refractivity contribution in [3.63, 3.8) is 0 Å². The number of likely N-dealkylation sites (tertiary alicyclic amines) is 1. The maximum absolute atomic E-state index is 13.6. The van der Waals surface area contributed by atoms with Gasteiger partial charge in [0.1, 0.15) is 36.3 Å². The van der Waals surface area contributed by atoms with E-state index in [9.17, 15) is 48.6 Å². The fraction of sp³-hybridized carbons (Fsp3) is 0.692. The van der Waals surface area contributed by atoms with Gasteiger partial charge in [0.2, 0.25) is 29.5 Å². The molecule has 0 spiro atoms. The maximum Gasteiger partial charge on any atom is 0.326 e. The zero-order valence-electron chi connectivity index (χ0n) is 24.9. The first-order valence-corrected chi connectivity index (χ1v) is 14.8. The molecule has 0 aromatic heterocycles. The van der Waals surface area contributed by atoms with Crippen LogP contribution in [0, 0.1) is 5.92 Å². The molecule has 19 heteroatoms. The standard InChI is InChI=1S/C26H42N6O12S/c1-12(2)8-16(25(42)32-7-3-4-18(32)24(41)28-14(26(43)44)5-6-19(34)35)30-22(39)15(9-20(36)37)29-23(40)17(11-45)31-21(38)13(27)10-33/h12-18,33,45H,3-11,27H2,1-2H3,(H,28,41)(H,29,40)(H,30,39)(H,31,38)(H,34,35)(H,36,37)(H,43,44)/t13-,14-,15-,16-,17-,18-/m0/s1. The van der Waals surface area contributed by atoms with Gasteiger partial charge in [-0.2, -0.15) is 12.6 Å². The molecule has 0 saturated carbocycles. The Balaban J connectivity index is 3.14. The number of thiol groups is 1. The summed E-state index contributed by atoms with van der Waals surface area (Å²) in [7, 11) is 0. The van der Waals surface area contributed by atoms with E-state index in [1.54, 1.807) is 13.8 Å². The first kappa shape index (κ1) is 39.1. The predicted octanol–water partition coefficient (Wildman–Crippen LogP) is -3.36. The van der Waals surface area contributed by atoms with Crippen LogP contribution in [0.2, 0.25) is 0 Å². The van der Waals surface area contributed by atoms with Crippen molar-refractivity contribution in [1.29, 1.82) is 0 Å². The van der Waals surface area contributed by atoms with Crippen LogP contribution in [0.3, 0.4) is 0 Å². The number of rotatable bonds is 19. The molecular formula is C26H42N6O12S. The van der Waals surface area contributed by atoms with Gasteiger partial charge >= 0.3 is 17.9 Å². The van der Waals surface area contributed by atoms with Gasteiger partial charge in [-0.3, -0.25) is 33.6 Å². The molecule has 0 aromatic rings. The van der Waals surface area contributed by atoms with E-state index in [2.05, 4.69) is 33.9 Å². The fourth-order valence-corrected chi connectivity index (χ4v) is 4.73. The molecule has 6 atom stereocenters. The molecule has 18 nitrogen and oxygen atoms in total. The number of nitrogens with two attached hydrogens (primary N) is 1. The Morgan fingerprint density at radius 3 is 1.93 bits per heavy atom. The van der Waals surface area contributed by atoms with Gasteiger partial charge in [-0.25, -0.2) is 4.79 Å². The van der Waals surface area contributed by atoms with Gasteiger partial charge in [0, 0.05) is 18.7 Å². The fourth-order valence-electron chi connectivity index (χ4n) is 4.47. The predicted molar refractivity (Wildman–Crippen MR) is 158 cm³/mol. The Morgan fingerprint density at radius 1 is 0.844 bits per heavy atom. The summed E-state index contributed by atoms with van der Waals surface area (Å²) in [4.78, 5) is 99.9. The monoisotopic (exact) mass is 662 g/mol. The summed E-state index contributed by atoms with van der Waals surface area (Å²) in [5.41, 5.74) is 5.43. The van der Waals surface area contributed by atoms with Gasteiger partial charge in [-0.1, -0.05) is 13.8 Å². The quantitative estimate of drug-likeness (QED) is 0.0605. The Labute approximate surface area is 264 Å². The number of nitrogens with zero attached hydrogens (tertiary/aromatic N) is 1. The minimum atomic E-state index is -1.70. The number of aliphatic hydroxyl groups excluding tert-OH is 1. The van der Waals surface area contributed by atoms with Gasteiger partial charge in [-0.15, -0.1) is 0 Å². The molecule has 45 heavy (non-hydrogen) atoms. The van der Waals surface area contributed by atoms with Gasteiger partial charge in [0.25, 0.3) is 0 Å². The number of carboxylic acids is 3. The van der Waals surface area contributed by atoms with E-state index in [4.69, 9.17) is 15.9 Å². The lowest BCUT2D eigenvalue weighted by atomic mass is 10.0. The van der Waals surface area contributed by atoms with Gasteiger partial charge < -0.3 is 52.3 Å². The molecule has 0 aliphatic carbocycles. The molecule has 1 aliphatic rings. The van der Waals surface area contributed by atoms with Gasteiger partial charge in [0.15, 0.2) is 0 Å². The summed E-state index contributed by atoms with van der Waals surface area (Å²) in [5, 5.41) is 45.9. The highest BCUT2D eigenvalue weighted by molar-refractivity contribution is 7.80. The van der Waals surface area contributed by atoms with Crippen LogP contribution >= 0.6 is 12.6 Å². The number of aliphatic carboxylic acids is 3. The molecule has 1 heterocycles. The molecule has 0 radical (unpaired) electrons. The maximum atomic E-state index is 13.6. The number of carbonyl (C=O) groups excluding carboxylic acids is 5. The first-order valence-electron chi connectivity index (χ1n) is 14.2. The van der Waals surface area contributed by atoms with Crippen molar-refractivity contribution in [1.82, 2.24) is 26.2 Å². The van der Waals surface area contributed by atoms with Crippen LogP contribution in [0.4, 0.5) is 0 Å². The molecule has 1 rings (SSSR count). The summed E-state index contributed by atoms with van der Waals surface area (Å²) < 4.78 is 0. The Bertz CT molecular complexity index is 1120. The van der Waals surface area contributed by atoms with Gasteiger partial charge in [0.05, 0.1) is 13.0 Å². The van der Waals surface area contributed by atoms with Crippen LogP contribution < -0.4 is 27.0 Å². The summed E-state index contributed by atoms with van der Waals surface area (Å²) >= 11 is 3.98. The average Bonchev–Trinajstić information content (AvgIpc) is 3.45. The van der Waals surface area contributed by atoms with E-state index in [1.165, 1.54) is 4.90 Å². The number of amides is 5. The molecule has 0 bridgehead atoms. The van der Waals surface area contributed by atoms with Crippen molar-refractivity contribution in [3.8, 4) is 0 Å². The zero-order valence-corrected chi connectivity index (χ0v) is 25.8. The SMILES string of the molecule is CC(C)C[C@H](NC(=O)[C@H](CC(=O)O)NC(=O)[C@H](CS)NC(=O)[C@@H](N)CO)C(=O)N1CCC[C@H]1C(=O)N[C@@H](CCC(=O)O)C(=O)O. The lowest BCUT2D eigenvalue weighted by molar-refractivity contribution is -0.145. The smallest absolute Gasteiger partial charge is 0.326 e. The highest BCUT2D eigenvalue weighted by Crippen LogP contribution is 2.21. The van der Waals surface area contributed by atoms with E-state index >= 15 is 0 Å². The molecule has 0 unspecified atom stereocenters. The van der Waals surface area contributed by atoms with Crippen molar-refractivity contribution in [3.05, 3.63) is 0 Å². The number of hydrogen-bond acceptors (Lipinski definition) is 11. The van der Waals surface area contributed by atoms with E-state index in [0.717, 1.165) is 0 Å². The van der Waals surface area contributed by atoms with Crippen LogP contribution in [-0.4, -0.2) is 128 Å². The molecular weight excluding hydrogens is 620 g/mol. The van der Waals surface area contributed by atoms with E-state index in [0.29, 0.717) is 6.42 Å². The molecule has 1 aliphatic heterocycles. The van der Waals surface area contributed by atoms with Crippen LogP contribution in [0.25, 0.3) is 0 Å². The topological polar surface area (TPSA) is 295 Å². The summed E-state index contributed by atoms with van der Waals surface area (Å²) in [6, 6.07) is -8.31.